The molecule has 0 bridgehead atoms. The molecule has 0 amide bonds. The zero-order chi connectivity index (χ0) is 16.8. The molecule has 5 nitrogen and oxygen atoms in total. The van der Waals surface area contributed by atoms with Crippen molar-refractivity contribution in [1.82, 2.24) is 15.6 Å². The molecule has 0 aliphatic carbocycles. The smallest absolute Gasteiger partial charge is 0.191 e. The Morgan fingerprint density at radius 2 is 2.12 bits per heavy atom. The summed E-state index contributed by atoms with van der Waals surface area (Å²) in [6, 6.07) is 4.30. The van der Waals surface area contributed by atoms with Crippen LogP contribution in [-0.4, -0.2) is 48.1 Å². The Labute approximate surface area is 149 Å². The highest BCUT2D eigenvalue weighted by Crippen LogP contribution is 2.36. The van der Waals surface area contributed by atoms with Crippen molar-refractivity contribution in [3.05, 3.63) is 23.9 Å². The van der Waals surface area contributed by atoms with Crippen molar-refractivity contribution in [1.29, 1.82) is 0 Å². The molecule has 2 fully saturated rings. The van der Waals surface area contributed by atoms with Gasteiger partial charge in [0.15, 0.2) is 5.96 Å². The van der Waals surface area contributed by atoms with E-state index in [2.05, 4.69) is 56.3 Å². The first kappa shape index (κ1) is 17.4. The highest BCUT2D eigenvalue weighted by molar-refractivity contribution is 8.00. The molecule has 3 heterocycles. The van der Waals surface area contributed by atoms with Gasteiger partial charge in [0.2, 0.25) is 0 Å². The molecule has 24 heavy (non-hydrogen) atoms. The van der Waals surface area contributed by atoms with Crippen molar-refractivity contribution < 1.29 is 0 Å². The molecule has 0 aromatic carbocycles. The molecule has 2 saturated heterocycles. The SMILES string of the molecule is CN=C(NCc1ccc(N2CCCC2)nc1)NCC1(C)CCCS1. The van der Waals surface area contributed by atoms with Crippen LogP contribution in [0.2, 0.25) is 0 Å². The van der Waals surface area contributed by atoms with E-state index in [4.69, 9.17) is 0 Å². The summed E-state index contributed by atoms with van der Waals surface area (Å²) in [5.74, 6) is 3.25. The molecule has 2 N–H and O–H groups in total. The average Bonchev–Trinajstić information content (AvgIpc) is 3.28. The molecular formula is C18H29N5S. The highest BCUT2D eigenvalue weighted by Gasteiger charge is 2.29. The molecule has 1 atom stereocenters. The van der Waals surface area contributed by atoms with Gasteiger partial charge in [0.25, 0.3) is 0 Å². The number of rotatable bonds is 5. The second kappa shape index (κ2) is 8.10. The first-order chi connectivity index (χ1) is 11.7. The molecule has 2 aliphatic rings. The van der Waals surface area contributed by atoms with Crippen molar-refractivity contribution in [2.45, 2.75) is 43.9 Å². The first-order valence-electron chi connectivity index (χ1n) is 8.97. The van der Waals surface area contributed by atoms with Crippen LogP contribution in [0.4, 0.5) is 5.82 Å². The van der Waals surface area contributed by atoms with Crippen LogP contribution in [0.15, 0.2) is 23.3 Å². The van der Waals surface area contributed by atoms with Gasteiger partial charge in [-0.3, -0.25) is 4.99 Å². The number of thioether (sulfide) groups is 1. The maximum Gasteiger partial charge on any atom is 0.191 e. The maximum absolute atomic E-state index is 4.61. The van der Waals surface area contributed by atoms with Crippen LogP contribution in [0, 0.1) is 0 Å². The Bertz CT molecular complexity index is 545. The number of aromatic nitrogens is 1. The van der Waals surface area contributed by atoms with Gasteiger partial charge < -0.3 is 15.5 Å². The Balaban J connectivity index is 1.46. The molecule has 0 spiro atoms. The first-order valence-corrected chi connectivity index (χ1v) is 9.95. The monoisotopic (exact) mass is 347 g/mol. The molecule has 1 aromatic rings. The lowest BCUT2D eigenvalue weighted by Crippen LogP contribution is -2.43. The fraction of sp³-hybridized carbons (Fsp3) is 0.667. The zero-order valence-corrected chi connectivity index (χ0v) is 15.7. The predicted molar refractivity (Wildman–Crippen MR) is 104 cm³/mol. The van der Waals surface area contributed by atoms with E-state index in [9.17, 15) is 0 Å². The summed E-state index contributed by atoms with van der Waals surface area (Å²) in [5.41, 5.74) is 1.18. The molecule has 3 rings (SSSR count). The number of hydrogen-bond donors (Lipinski definition) is 2. The maximum atomic E-state index is 4.61. The van der Waals surface area contributed by atoms with E-state index in [0.717, 1.165) is 38.0 Å². The van der Waals surface area contributed by atoms with Gasteiger partial charge in [-0.05, 0) is 50.0 Å². The molecule has 0 radical (unpaired) electrons. The molecule has 6 heteroatoms. The third kappa shape index (κ3) is 4.56. The van der Waals surface area contributed by atoms with Gasteiger partial charge in [-0.15, -0.1) is 0 Å². The van der Waals surface area contributed by atoms with E-state index < -0.39 is 0 Å². The van der Waals surface area contributed by atoms with Gasteiger partial charge in [-0.1, -0.05) is 6.07 Å². The summed E-state index contributed by atoms with van der Waals surface area (Å²) in [6.45, 7) is 6.32. The average molecular weight is 348 g/mol. The van der Waals surface area contributed by atoms with Crippen LogP contribution in [0.25, 0.3) is 0 Å². The summed E-state index contributed by atoms with van der Waals surface area (Å²) in [4.78, 5) is 11.3. The number of nitrogens with one attached hydrogen (secondary N) is 2. The Kier molecular flexibility index (Phi) is 5.87. The third-order valence-electron chi connectivity index (χ3n) is 4.85. The summed E-state index contributed by atoms with van der Waals surface area (Å²) < 4.78 is 0.344. The number of pyridine rings is 1. The number of hydrogen-bond acceptors (Lipinski definition) is 4. The quantitative estimate of drug-likeness (QED) is 0.633. The van der Waals surface area contributed by atoms with E-state index in [-0.39, 0.29) is 0 Å². The minimum atomic E-state index is 0.344. The van der Waals surface area contributed by atoms with E-state index >= 15 is 0 Å². The number of anilines is 1. The van der Waals surface area contributed by atoms with Gasteiger partial charge in [0, 0.05) is 44.2 Å². The second-order valence-corrected chi connectivity index (χ2v) is 8.58. The van der Waals surface area contributed by atoms with Gasteiger partial charge in [-0.2, -0.15) is 11.8 Å². The van der Waals surface area contributed by atoms with Gasteiger partial charge in [-0.25, -0.2) is 4.98 Å². The van der Waals surface area contributed by atoms with E-state index in [1.807, 2.05) is 13.2 Å². The Hall–Kier alpha value is -1.43. The summed E-state index contributed by atoms with van der Waals surface area (Å²) in [5, 5.41) is 6.86. The largest absolute Gasteiger partial charge is 0.357 e. The van der Waals surface area contributed by atoms with Crippen molar-refractivity contribution in [2.75, 3.05) is 37.3 Å². The van der Waals surface area contributed by atoms with E-state index in [0.29, 0.717) is 4.75 Å². The van der Waals surface area contributed by atoms with E-state index in [1.54, 1.807) is 0 Å². The van der Waals surface area contributed by atoms with Crippen LogP contribution in [0.1, 0.15) is 38.2 Å². The summed E-state index contributed by atoms with van der Waals surface area (Å²) >= 11 is 2.07. The lowest BCUT2D eigenvalue weighted by molar-refractivity contribution is 0.584. The molecule has 132 valence electrons. The topological polar surface area (TPSA) is 52.6 Å². The molecule has 1 aromatic heterocycles. The highest BCUT2D eigenvalue weighted by atomic mass is 32.2. The number of aliphatic imine (C=N–C) groups is 1. The molecule has 1 unspecified atom stereocenters. The number of guanidine groups is 1. The standard InChI is InChI=1S/C18H29N5S/c1-18(8-5-11-24-18)14-22-17(19-2)21-13-15-6-7-16(20-12-15)23-9-3-4-10-23/h6-7,12H,3-5,8-11,13-14H2,1-2H3,(H2,19,21,22). The van der Waals surface area contributed by atoms with Crippen LogP contribution in [0.5, 0.6) is 0 Å². The summed E-state index contributed by atoms with van der Waals surface area (Å²) in [6.07, 6.45) is 7.14. The normalized spacial score (nSPS) is 24.4. The fourth-order valence-corrected chi connectivity index (χ4v) is 4.55. The van der Waals surface area contributed by atoms with Gasteiger partial charge in [0.1, 0.15) is 5.82 Å². The minimum Gasteiger partial charge on any atom is -0.357 e. The summed E-state index contributed by atoms with van der Waals surface area (Å²) in [7, 11) is 1.83. The Morgan fingerprint density at radius 1 is 1.29 bits per heavy atom. The van der Waals surface area contributed by atoms with Crippen molar-refractivity contribution in [3.63, 3.8) is 0 Å². The van der Waals surface area contributed by atoms with Crippen molar-refractivity contribution >= 4 is 23.5 Å². The fourth-order valence-electron chi connectivity index (χ4n) is 3.31. The molecule has 0 saturated carbocycles. The van der Waals surface area contributed by atoms with Gasteiger partial charge in [0.05, 0.1) is 0 Å². The molecular weight excluding hydrogens is 318 g/mol. The lowest BCUT2D eigenvalue weighted by Gasteiger charge is -2.24. The minimum absolute atomic E-state index is 0.344. The van der Waals surface area contributed by atoms with Crippen LogP contribution in [0.3, 0.4) is 0 Å². The van der Waals surface area contributed by atoms with Gasteiger partial charge >= 0.3 is 0 Å². The van der Waals surface area contributed by atoms with Crippen molar-refractivity contribution in [2.24, 2.45) is 4.99 Å². The Morgan fingerprint density at radius 3 is 2.75 bits per heavy atom. The van der Waals surface area contributed by atoms with Crippen LogP contribution < -0.4 is 15.5 Å². The predicted octanol–water partition coefficient (Wildman–Crippen LogP) is 2.63. The lowest BCUT2D eigenvalue weighted by atomic mass is 10.1. The number of nitrogens with zero attached hydrogens (tertiary/aromatic N) is 3. The van der Waals surface area contributed by atoms with Crippen molar-refractivity contribution in [3.8, 4) is 0 Å². The van der Waals surface area contributed by atoms with Crippen LogP contribution in [-0.2, 0) is 6.54 Å². The van der Waals surface area contributed by atoms with E-state index in [1.165, 1.54) is 37.0 Å². The van der Waals surface area contributed by atoms with Crippen LogP contribution >= 0.6 is 11.8 Å². The second-order valence-electron chi connectivity index (χ2n) is 6.90. The molecule has 2 aliphatic heterocycles. The zero-order valence-electron chi connectivity index (χ0n) is 14.8. The third-order valence-corrected chi connectivity index (χ3v) is 6.39.